The highest BCUT2D eigenvalue weighted by Crippen LogP contribution is 2.08. The molecule has 0 heterocycles. The number of aryl methyl sites for hydroxylation is 1. The number of aliphatic hydroxyl groups is 1. The van der Waals surface area contributed by atoms with Crippen LogP contribution in [0.2, 0.25) is 0 Å². The van der Waals surface area contributed by atoms with Gasteiger partial charge in [-0.1, -0.05) is 29.8 Å². The largest absolute Gasteiger partial charge is 0.396 e. The summed E-state index contributed by atoms with van der Waals surface area (Å²) in [6.07, 6.45) is 3.84. The van der Waals surface area contributed by atoms with Crippen LogP contribution in [0.1, 0.15) is 31.4 Å². The molecule has 0 bridgehead atoms. The summed E-state index contributed by atoms with van der Waals surface area (Å²) in [4.78, 5) is 11.7. The van der Waals surface area contributed by atoms with Gasteiger partial charge < -0.3 is 10.4 Å². The summed E-state index contributed by atoms with van der Waals surface area (Å²) in [5.41, 5.74) is 1.81. The highest BCUT2D eigenvalue weighted by Gasteiger charge is 2.17. The van der Waals surface area contributed by atoms with Gasteiger partial charge in [-0.2, -0.15) is 0 Å². The minimum atomic E-state index is -0.385. The second-order valence-corrected chi connectivity index (χ2v) is 5.09. The maximum absolute atomic E-state index is 11.7. The first kappa shape index (κ1) is 14.5. The maximum atomic E-state index is 11.7. The van der Waals surface area contributed by atoms with Crippen LogP contribution in [0.15, 0.2) is 30.3 Å². The van der Waals surface area contributed by atoms with Crippen LogP contribution in [0.3, 0.4) is 0 Å². The van der Waals surface area contributed by atoms with E-state index < -0.39 is 0 Å². The zero-order valence-electron chi connectivity index (χ0n) is 11.2. The molecule has 18 heavy (non-hydrogen) atoms. The third-order valence-corrected chi connectivity index (χ3v) is 2.70. The zero-order valence-corrected chi connectivity index (χ0v) is 11.2. The van der Waals surface area contributed by atoms with Crippen LogP contribution in [-0.2, 0) is 4.79 Å². The second kappa shape index (κ2) is 6.36. The first-order chi connectivity index (χ1) is 8.43. The summed E-state index contributed by atoms with van der Waals surface area (Å²) in [6.45, 7) is 5.87. The van der Waals surface area contributed by atoms with Crippen LogP contribution >= 0.6 is 0 Å². The summed E-state index contributed by atoms with van der Waals surface area (Å²) < 4.78 is 0. The van der Waals surface area contributed by atoms with Crippen LogP contribution in [0.4, 0.5) is 0 Å². The van der Waals surface area contributed by atoms with E-state index in [0.717, 1.165) is 5.56 Å². The van der Waals surface area contributed by atoms with E-state index in [2.05, 4.69) is 5.32 Å². The van der Waals surface area contributed by atoms with E-state index in [1.54, 1.807) is 6.08 Å². The van der Waals surface area contributed by atoms with Gasteiger partial charge >= 0.3 is 0 Å². The number of carbonyl (C=O) groups is 1. The summed E-state index contributed by atoms with van der Waals surface area (Å²) >= 11 is 0. The van der Waals surface area contributed by atoms with E-state index in [4.69, 9.17) is 5.11 Å². The van der Waals surface area contributed by atoms with E-state index in [-0.39, 0.29) is 18.1 Å². The van der Waals surface area contributed by atoms with Gasteiger partial charge in [0.1, 0.15) is 0 Å². The predicted octanol–water partition coefficient (Wildman–Crippen LogP) is 2.29. The Hall–Kier alpha value is -1.61. The molecule has 0 aromatic heterocycles. The fourth-order valence-electron chi connectivity index (χ4n) is 1.57. The van der Waals surface area contributed by atoms with Gasteiger partial charge in [-0.15, -0.1) is 0 Å². The Morgan fingerprint density at radius 2 is 1.94 bits per heavy atom. The normalized spacial score (nSPS) is 11.8. The van der Waals surface area contributed by atoms with Gasteiger partial charge in [0.2, 0.25) is 5.91 Å². The van der Waals surface area contributed by atoms with Crippen molar-refractivity contribution in [2.24, 2.45) is 0 Å². The summed E-state index contributed by atoms with van der Waals surface area (Å²) in [5, 5.41) is 11.7. The molecule has 0 unspecified atom stereocenters. The molecule has 1 aromatic carbocycles. The van der Waals surface area contributed by atoms with Crippen molar-refractivity contribution in [2.45, 2.75) is 32.7 Å². The molecule has 3 heteroatoms. The predicted molar refractivity (Wildman–Crippen MR) is 74.1 cm³/mol. The topological polar surface area (TPSA) is 49.3 Å². The molecule has 0 saturated heterocycles. The molecule has 0 atom stereocenters. The van der Waals surface area contributed by atoms with E-state index in [1.165, 1.54) is 11.6 Å². The Morgan fingerprint density at radius 3 is 2.50 bits per heavy atom. The molecule has 1 aromatic rings. The molecular weight excluding hydrogens is 226 g/mol. The minimum absolute atomic E-state index is 0.0644. The number of carbonyl (C=O) groups excluding carboxylic acids is 1. The number of nitrogens with one attached hydrogen (secondary N) is 1. The Kier molecular flexibility index (Phi) is 5.10. The molecule has 2 N–H and O–H groups in total. The average molecular weight is 247 g/mol. The third-order valence-electron chi connectivity index (χ3n) is 2.70. The van der Waals surface area contributed by atoms with Gasteiger partial charge in [0.25, 0.3) is 0 Å². The smallest absolute Gasteiger partial charge is 0.244 e. The van der Waals surface area contributed by atoms with Gasteiger partial charge in [-0.3, -0.25) is 4.79 Å². The molecular formula is C15H21NO2. The number of hydrogen-bond acceptors (Lipinski definition) is 2. The molecule has 0 spiro atoms. The van der Waals surface area contributed by atoms with Gasteiger partial charge in [-0.05, 0) is 38.8 Å². The molecule has 0 saturated carbocycles. The standard InChI is InChI=1S/C15H21NO2/c1-12-4-6-13(7-5-12)8-9-14(18)16-15(2,3)10-11-17/h4-9,17H,10-11H2,1-3H3,(H,16,18)/b9-8+. The quantitative estimate of drug-likeness (QED) is 0.784. The average Bonchev–Trinajstić information content (AvgIpc) is 2.27. The van der Waals surface area contributed by atoms with Crippen molar-refractivity contribution >= 4 is 12.0 Å². The number of hydrogen-bond donors (Lipinski definition) is 2. The van der Waals surface area contributed by atoms with Crippen molar-refractivity contribution < 1.29 is 9.90 Å². The molecule has 0 fully saturated rings. The molecule has 0 aliphatic carbocycles. The van der Waals surface area contributed by atoms with E-state index in [0.29, 0.717) is 6.42 Å². The number of aliphatic hydroxyl groups excluding tert-OH is 1. The lowest BCUT2D eigenvalue weighted by atomic mass is 10.0. The molecule has 98 valence electrons. The van der Waals surface area contributed by atoms with Gasteiger partial charge in [0, 0.05) is 18.2 Å². The Bertz CT molecular complexity index is 419. The summed E-state index contributed by atoms with van der Waals surface area (Å²) in [5.74, 6) is -0.144. The Labute approximate surface area is 109 Å². The monoisotopic (exact) mass is 247 g/mol. The van der Waals surface area contributed by atoms with Gasteiger partial charge in [0.15, 0.2) is 0 Å². The lowest BCUT2D eigenvalue weighted by Gasteiger charge is -2.24. The fraction of sp³-hybridized carbons (Fsp3) is 0.400. The van der Waals surface area contributed by atoms with Crippen molar-refractivity contribution in [3.8, 4) is 0 Å². The van der Waals surface area contributed by atoms with Crippen LogP contribution in [0.5, 0.6) is 0 Å². The van der Waals surface area contributed by atoms with E-state index in [1.807, 2.05) is 45.0 Å². The van der Waals surface area contributed by atoms with Gasteiger partial charge in [-0.25, -0.2) is 0 Å². The van der Waals surface area contributed by atoms with Crippen LogP contribution < -0.4 is 5.32 Å². The van der Waals surface area contributed by atoms with Crippen molar-refractivity contribution in [3.05, 3.63) is 41.5 Å². The first-order valence-corrected chi connectivity index (χ1v) is 6.11. The lowest BCUT2D eigenvalue weighted by molar-refractivity contribution is -0.118. The van der Waals surface area contributed by atoms with Crippen molar-refractivity contribution in [2.75, 3.05) is 6.61 Å². The highest BCUT2D eigenvalue weighted by molar-refractivity contribution is 5.92. The van der Waals surface area contributed by atoms with Crippen LogP contribution in [0.25, 0.3) is 6.08 Å². The third kappa shape index (κ3) is 5.15. The minimum Gasteiger partial charge on any atom is -0.396 e. The first-order valence-electron chi connectivity index (χ1n) is 6.11. The Balaban J connectivity index is 2.57. The summed E-state index contributed by atoms with van der Waals surface area (Å²) in [6, 6.07) is 7.95. The number of benzene rings is 1. The van der Waals surface area contributed by atoms with E-state index >= 15 is 0 Å². The van der Waals surface area contributed by atoms with E-state index in [9.17, 15) is 4.79 Å². The number of amides is 1. The lowest BCUT2D eigenvalue weighted by Crippen LogP contribution is -2.43. The van der Waals surface area contributed by atoms with Crippen molar-refractivity contribution in [3.63, 3.8) is 0 Å². The maximum Gasteiger partial charge on any atom is 0.244 e. The second-order valence-electron chi connectivity index (χ2n) is 5.09. The molecule has 0 aliphatic heterocycles. The molecule has 0 radical (unpaired) electrons. The zero-order chi connectivity index (χ0) is 13.6. The van der Waals surface area contributed by atoms with Crippen LogP contribution in [0, 0.1) is 6.92 Å². The van der Waals surface area contributed by atoms with Crippen molar-refractivity contribution in [1.82, 2.24) is 5.32 Å². The highest BCUT2D eigenvalue weighted by atomic mass is 16.3. The molecule has 0 aliphatic rings. The molecule has 3 nitrogen and oxygen atoms in total. The van der Waals surface area contributed by atoms with Gasteiger partial charge in [0.05, 0.1) is 0 Å². The van der Waals surface area contributed by atoms with Crippen molar-refractivity contribution in [1.29, 1.82) is 0 Å². The Morgan fingerprint density at radius 1 is 1.33 bits per heavy atom. The SMILES string of the molecule is Cc1ccc(/C=C/C(=O)NC(C)(C)CCO)cc1. The summed E-state index contributed by atoms with van der Waals surface area (Å²) in [7, 11) is 0. The fourth-order valence-corrected chi connectivity index (χ4v) is 1.57. The van der Waals surface area contributed by atoms with Crippen LogP contribution in [-0.4, -0.2) is 23.2 Å². The number of rotatable bonds is 5. The molecule has 1 amide bonds. The molecule has 1 rings (SSSR count).